The van der Waals surface area contributed by atoms with Gasteiger partial charge in [0.15, 0.2) is 8.32 Å². The lowest BCUT2D eigenvalue weighted by atomic mass is 9.85. The van der Waals surface area contributed by atoms with Crippen molar-refractivity contribution in [2.24, 2.45) is 5.92 Å². The molecule has 1 aliphatic rings. The Morgan fingerprint density at radius 3 is 2.06 bits per heavy atom. The molecule has 1 N–H and O–H groups in total. The molecule has 31 heavy (non-hydrogen) atoms. The van der Waals surface area contributed by atoms with Gasteiger partial charge in [-0.25, -0.2) is 0 Å². The van der Waals surface area contributed by atoms with Gasteiger partial charge < -0.3 is 9.53 Å². The van der Waals surface area contributed by atoms with Crippen LogP contribution in [0.2, 0.25) is 18.1 Å². The van der Waals surface area contributed by atoms with Gasteiger partial charge in [0, 0.05) is 31.5 Å². The molecule has 0 bridgehead atoms. The summed E-state index contributed by atoms with van der Waals surface area (Å²) >= 11 is 0. The zero-order valence-electron chi connectivity index (χ0n) is 20.6. The topological polar surface area (TPSA) is 32.7 Å². The lowest BCUT2D eigenvalue weighted by molar-refractivity contribution is 0.0489. The van der Waals surface area contributed by atoms with Crippen molar-refractivity contribution in [1.82, 2.24) is 4.90 Å². The van der Waals surface area contributed by atoms with Crippen LogP contribution in [0.4, 0.5) is 0 Å². The summed E-state index contributed by atoms with van der Waals surface area (Å²) in [6.07, 6.45) is -0.449. The number of hydrogen-bond donors (Lipinski definition) is 1. The molecule has 4 heteroatoms. The summed E-state index contributed by atoms with van der Waals surface area (Å²) in [5.41, 5.74) is 2.64. The van der Waals surface area contributed by atoms with E-state index in [1.165, 1.54) is 11.1 Å². The lowest BCUT2D eigenvalue weighted by Crippen LogP contribution is -2.44. The highest BCUT2D eigenvalue weighted by molar-refractivity contribution is 6.74. The minimum Gasteiger partial charge on any atom is -0.414 e. The first-order chi connectivity index (χ1) is 14.7. The van der Waals surface area contributed by atoms with Crippen molar-refractivity contribution in [3.63, 3.8) is 0 Å². The van der Waals surface area contributed by atoms with Gasteiger partial charge in [0.1, 0.15) is 0 Å². The number of aliphatic hydroxyl groups excluding tert-OH is 1. The maximum Gasteiger partial charge on any atom is 0.192 e. The van der Waals surface area contributed by atoms with Gasteiger partial charge in [0.2, 0.25) is 0 Å². The van der Waals surface area contributed by atoms with E-state index in [0.29, 0.717) is 12.5 Å². The van der Waals surface area contributed by atoms with Crippen LogP contribution in [0.5, 0.6) is 0 Å². The van der Waals surface area contributed by atoms with Crippen molar-refractivity contribution in [2.75, 3.05) is 19.7 Å². The second-order valence-electron chi connectivity index (χ2n) is 10.00. The summed E-state index contributed by atoms with van der Waals surface area (Å²) in [6, 6.07) is 21.3. The van der Waals surface area contributed by atoms with E-state index in [1.54, 1.807) is 0 Å². The van der Waals surface area contributed by atoms with E-state index < -0.39 is 14.4 Å². The summed E-state index contributed by atoms with van der Waals surface area (Å²) in [4.78, 5) is 2.48. The molecule has 1 heterocycles. The molecule has 2 aromatic carbocycles. The molecule has 1 saturated heterocycles. The number of aliphatic hydroxyl groups is 1. The number of benzene rings is 2. The monoisotopic (exact) mass is 441 g/mol. The molecule has 1 aliphatic heterocycles. The largest absolute Gasteiger partial charge is 0.414 e. The molecule has 0 saturated carbocycles. The molecule has 3 atom stereocenters. The van der Waals surface area contributed by atoms with Crippen LogP contribution in [-0.4, -0.2) is 44.1 Å². The van der Waals surface area contributed by atoms with Gasteiger partial charge in [-0.15, -0.1) is 0 Å². The highest BCUT2D eigenvalue weighted by Crippen LogP contribution is 2.39. The molecule has 3 rings (SSSR count). The SMILES string of the molecule is CC.CC(C)(C)[Si](C)(C)OC[C@@H](O)[C@H]1CN(Cc2ccccc2)C[C@@H]1c1ccccc1. The Morgan fingerprint density at radius 2 is 1.52 bits per heavy atom. The van der Waals surface area contributed by atoms with Gasteiger partial charge in [-0.3, -0.25) is 4.90 Å². The first-order valence-electron chi connectivity index (χ1n) is 11.8. The van der Waals surface area contributed by atoms with Crippen LogP contribution in [0.3, 0.4) is 0 Å². The highest BCUT2D eigenvalue weighted by Gasteiger charge is 2.41. The quantitative estimate of drug-likeness (QED) is 0.511. The van der Waals surface area contributed by atoms with Crippen LogP contribution in [0.15, 0.2) is 60.7 Å². The standard InChI is InChI=1S/C25H37NO2Si.C2H6/c1-25(2,3)29(4,5)28-19-24(27)23-18-26(16-20-12-8-6-9-13-20)17-22(23)21-14-10-7-11-15-21;1-2/h6-15,22-24,27H,16-19H2,1-5H3;1-2H3/t22-,23+,24-;/m1./s1. The van der Waals surface area contributed by atoms with E-state index in [2.05, 4.69) is 99.4 Å². The van der Waals surface area contributed by atoms with Crippen molar-refractivity contribution >= 4 is 8.32 Å². The fourth-order valence-corrected chi connectivity index (χ4v) is 4.98. The van der Waals surface area contributed by atoms with E-state index >= 15 is 0 Å². The Labute approximate surface area is 191 Å². The molecule has 0 spiro atoms. The van der Waals surface area contributed by atoms with E-state index in [0.717, 1.165) is 19.6 Å². The van der Waals surface area contributed by atoms with Crippen molar-refractivity contribution < 1.29 is 9.53 Å². The Balaban J connectivity index is 0.00000166. The molecule has 0 aliphatic carbocycles. The maximum atomic E-state index is 11.2. The van der Waals surface area contributed by atoms with Crippen molar-refractivity contribution in [3.05, 3.63) is 71.8 Å². The third-order valence-electron chi connectivity index (χ3n) is 6.83. The first-order valence-corrected chi connectivity index (χ1v) is 14.7. The van der Waals surface area contributed by atoms with Crippen LogP contribution in [0, 0.1) is 5.92 Å². The normalized spacial score (nSPS) is 20.8. The zero-order chi connectivity index (χ0) is 23.1. The van der Waals surface area contributed by atoms with E-state index in [-0.39, 0.29) is 11.0 Å². The van der Waals surface area contributed by atoms with Gasteiger partial charge >= 0.3 is 0 Å². The van der Waals surface area contributed by atoms with Crippen LogP contribution in [0.25, 0.3) is 0 Å². The summed E-state index contributed by atoms with van der Waals surface area (Å²) < 4.78 is 6.38. The van der Waals surface area contributed by atoms with E-state index in [9.17, 15) is 5.11 Å². The lowest BCUT2D eigenvalue weighted by Gasteiger charge is -2.37. The molecule has 2 aromatic rings. The minimum absolute atomic E-state index is 0.153. The number of hydrogen-bond acceptors (Lipinski definition) is 3. The van der Waals surface area contributed by atoms with E-state index in [4.69, 9.17) is 4.43 Å². The van der Waals surface area contributed by atoms with Crippen LogP contribution in [-0.2, 0) is 11.0 Å². The number of likely N-dealkylation sites (tertiary alicyclic amines) is 1. The van der Waals surface area contributed by atoms with Crippen molar-refractivity contribution in [3.8, 4) is 0 Å². The van der Waals surface area contributed by atoms with Gasteiger partial charge in [-0.1, -0.05) is 95.3 Å². The molecular weight excluding hydrogens is 398 g/mol. The fourth-order valence-electron chi connectivity index (χ4n) is 3.96. The second kappa shape index (κ2) is 11.4. The maximum absolute atomic E-state index is 11.2. The van der Waals surface area contributed by atoms with E-state index in [1.807, 2.05) is 13.8 Å². The molecule has 0 unspecified atom stereocenters. The predicted molar refractivity (Wildman–Crippen MR) is 135 cm³/mol. The number of nitrogens with zero attached hydrogens (tertiary/aromatic N) is 1. The van der Waals surface area contributed by atoms with Gasteiger partial charge in [-0.05, 0) is 29.3 Å². The van der Waals surface area contributed by atoms with Crippen LogP contribution in [0.1, 0.15) is 51.7 Å². The predicted octanol–water partition coefficient (Wildman–Crippen LogP) is 6.31. The molecular formula is C27H43NO2Si. The number of rotatable bonds is 7. The molecule has 1 fully saturated rings. The molecule has 0 radical (unpaired) electrons. The van der Waals surface area contributed by atoms with Crippen LogP contribution >= 0.6 is 0 Å². The summed E-state index contributed by atoms with van der Waals surface area (Å²) in [5, 5.41) is 11.3. The highest BCUT2D eigenvalue weighted by atomic mass is 28.4. The van der Waals surface area contributed by atoms with Crippen molar-refractivity contribution in [2.45, 2.75) is 71.3 Å². The zero-order valence-corrected chi connectivity index (χ0v) is 21.6. The Hall–Kier alpha value is -1.46. The Bertz CT molecular complexity index is 758. The Kier molecular flexibility index (Phi) is 9.50. The van der Waals surface area contributed by atoms with Gasteiger partial charge in [0.05, 0.1) is 12.7 Å². The summed E-state index contributed by atoms with van der Waals surface area (Å²) in [5.74, 6) is 0.517. The smallest absolute Gasteiger partial charge is 0.192 e. The van der Waals surface area contributed by atoms with Crippen LogP contribution < -0.4 is 0 Å². The average Bonchev–Trinajstić information content (AvgIpc) is 3.18. The third kappa shape index (κ3) is 7.01. The molecule has 172 valence electrons. The minimum atomic E-state index is -1.87. The summed E-state index contributed by atoms with van der Waals surface area (Å²) in [6.45, 7) is 18.5. The molecule has 0 amide bonds. The molecule has 0 aromatic heterocycles. The van der Waals surface area contributed by atoms with Gasteiger partial charge in [-0.2, -0.15) is 0 Å². The van der Waals surface area contributed by atoms with Gasteiger partial charge in [0.25, 0.3) is 0 Å². The Morgan fingerprint density at radius 1 is 0.968 bits per heavy atom. The molecule has 3 nitrogen and oxygen atoms in total. The summed E-state index contributed by atoms with van der Waals surface area (Å²) in [7, 11) is -1.87. The first kappa shape index (κ1) is 25.8. The second-order valence-corrected chi connectivity index (χ2v) is 14.8. The van der Waals surface area contributed by atoms with Crippen molar-refractivity contribution in [1.29, 1.82) is 0 Å². The average molecular weight is 442 g/mol. The fraction of sp³-hybridized carbons (Fsp3) is 0.556. The third-order valence-corrected chi connectivity index (χ3v) is 11.3.